The lowest BCUT2D eigenvalue weighted by Gasteiger charge is -2.27. The number of carbonyl (C=O) groups is 2. The molecule has 0 aromatic heterocycles. The van der Waals surface area contributed by atoms with Crippen molar-refractivity contribution in [2.45, 2.75) is 33.7 Å². The first kappa shape index (κ1) is 15.9. The highest BCUT2D eigenvalue weighted by Gasteiger charge is 2.18. The van der Waals surface area contributed by atoms with Crippen LogP contribution in [-0.4, -0.2) is 44.1 Å². The van der Waals surface area contributed by atoms with E-state index in [0.717, 1.165) is 6.19 Å². The third kappa shape index (κ3) is 5.68. The molecule has 1 atom stereocenters. The Hall–Kier alpha value is -1.10. The molecule has 0 aromatic rings. The first-order valence-electron chi connectivity index (χ1n) is 5.80. The van der Waals surface area contributed by atoms with Crippen LogP contribution in [0, 0.1) is 5.92 Å². The summed E-state index contributed by atoms with van der Waals surface area (Å²) < 4.78 is 4.92. The summed E-state index contributed by atoms with van der Waals surface area (Å²) in [5, 5.41) is 0. The van der Waals surface area contributed by atoms with E-state index in [1.54, 1.807) is 18.7 Å². The van der Waals surface area contributed by atoms with Crippen molar-refractivity contribution >= 4 is 19.6 Å². The summed E-state index contributed by atoms with van der Waals surface area (Å²) in [5.41, 5.74) is 0.566. The first-order valence-corrected chi connectivity index (χ1v) is 5.80. The average Bonchev–Trinajstić information content (AvgIpc) is 2.25. The SMILES string of the molecule is CCOC(=O)/C(C)=C/[C@H](C(C)C)N(C)[B]C=O. The van der Waals surface area contributed by atoms with Crippen molar-refractivity contribution in [1.29, 1.82) is 0 Å². The minimum atomic E-state index is -0.308. The lowest BCUT2D eigenvalue weighted by molar-refractivity contribution is -0.138. The highest BCUT2D eigenvalue weighted by molar-refractivity contribution is 6.64. The van der Waals surface area contributed by atoms with Gasteiger partial charge < -0.3 is 14.3 Å². The molecule has 0 amide bonds. The van der Waals surface area contributed by atoms with Gasteiger partial charge in [0.2, 0.25) is 0 Å². The largest absolute Gasteiger partial charge is 0.463 e. The molecule has 95 valence electrons. The molecule has 0 heterocycles. The number of esters is 1. The van der Waals surface area contributed by atoms with Crippen molar-refractivity contribution in [3.63, 3.8) is 0 Å². The molecule has 4 nitrogen and oxygen atoms in total. The molecule has 0 aliphatic rings. The van der Waals surface area contributed by atoms with Gasteiger partial charge in [-0.05, 0) is 26.8 Å². The number of ether oxygens (including phenoxy) is 1. The molecule has 0 saturated heterocycles. The maximum absolute atomic E-state index is 11.5. The van der Waals surface area contributed by atoms with Crippen LogP contribution in [0.25, 0.3) is 0 Å². The lowest BCUT2D eigenvalue weighted by atomic mass is 9.88. The van der Waals surface area contributed by atoms with Crippen molar-refractivity contribution in [1.82, 2.24) is 4.81 Å². The number of likely N-dealkylation sites (N-methyl/N-ethyl adjacent to an activating group) is 1. The summed E-state index contributed by atoms with van der Waals surface area (Å²) in [6.45, 7) is 7.94. The highest BCUT2D eigenvalue weighted by atomic mass is 16.5. The summed E-state index contributed by atoms with van der Waals surface area (Å²) in [6.07, 6.45) is 2.57. The van der Waals surface area contributed by atoms with Crippen molar-refractivity contribution in [2.24, 2.45) is 5.92 Å². The maximum atomic E-state index is 11.5. The third-order valence-corrected chi connectivity index (χ3v) is 2.47. The number of nitrogens with zero attached hydrogens (tertiary/aromatic N) is 1. The molecule has 0 spiro atoms. The van der Waals surface area contributed by atoms with Crippen LogP contribution < -0.4 is 0 Å². The van der Waals surface area contributed by atoms with Gasteiger partial charge >= 0.3 is 5.97 Å². The molecule has 17 heavy (non-hydrogen) atoms. The van der Waals surface area contributed by atoms with Gasteiger partial charge in [-0.15, -0.1) is 0 Å². The molecule has 0 aromatic carbocycles. The molecule has 0 aliphatic heterocycles. The van der Waals surface area contributed by atoms with Gasteiger partial charge in [0.1, 0.15) is 0 Å². The second kappa shape index (κ2) is 8.06. The van der Waals surface area contributed by atoms with Crippen molar-refractivity contribution < 1.29 is 14.3 Å². The van der Waals surface area contributed by atoms with E-state index in [4.69, 9.17) is 4.74 Å². The third-order valence-electron chi connectivity index (χ3n) is 2.47. The molecule has 5 heteroatoms. The zero-order chi connectivity index (χ0) is 13.4. The fourth-order valence-corrected chi connectivity index (χ4v) is 1.54. The normalized spacial score (nSPS) is 13.7. The van der Waals surface area contributed by atoms with Gasteiger partial charge in [0.25, 0.3) is 7.41 Å². The van der Waals surface area contributed by atoms with E-state index in [9.17, 15) is 9.59 Å². The summed E-state index contributed by atoms with van der Waals surface area (Å²) in [7, 11) is 3.27. The van der Waals surface area contributed by atoms with Crippen LogP contribution in [0.5, 0.6) is 0 Å². The van der Waals surface area contributed by atoms with Crippen LogP contribution in [0.4, 0.5) is 0 Å². The van der Waals surface area contributed by atoms with Crippen molar-refractivity contribution in [3.05, 3.63) is 11.6 Å². The van der Waals surface area contributed by atoms with Crippen LogP contribution in [0.15, 0.2) is 11.6 Å². The topological polar surface area (TPSA) is 46.6 Å². The molecule has 0 saturated carbocycles. The van der Waals surface area contributed by atoms with E-state index in [-0.39, 0.29) is 12.0 Å². The molecule has 0 fully saturated rings. The Bertz CT molecular complexity index is 289. The fraction of sp³-hybridized carbons (Fsp3) is 0.667. The van der Waals surface area contributed by atoms with E-state index < -0.39 is 0 Å². The predicted molar refractivity (Wildman–Crippen MR) is 69.3 cm³/mol. The Kier molecular flexibility index (Phi) is 7.54. The Morgan fingerprint density at radius 1 is 1.47 bits per heavy atom. The molecule has 0 aliphatic carbocycles. The molecular formula is C12H21BNO3. The molecule has 0 rings (SSSR count). The monoisotopic (exact) mass is 238 g/mol. The lowest BCUT2D eigenvalue weighted by Crippen LogP contribution is -2.38. The Morgan fingerprint density at radius 3 is 2.47 bits per heavy atom. The smallest absolute Gasteiger partial charge is 0.333 e. The number of hydrogen-bond acceptors (Lipinski definition) is 4. The number of rotatable bonds is 7. The van der Waals surface area contributed by atoms with E-state index in [1.165, 1.54) is 7.41 Å². The Balaban J connectivity index is 4.78. The first-order chi connectivity index (χ1) is 7.93. The molecule has 0 bridgehead atoms. The van der Waals surface area contributed by atoms with Crippen LogP contribution in [0.3, 0.4) is 0 Å². The van der Waals surface area contributed by atoms with Crippen LogP contribution in [0.2, 0.25) is 0 Å². The van der Waals surface area contributed by atoms with Gasteiger partial charge in [-0.1, -0.05) is 19.9 Å². The minimum absolute atomic E-state index is 0.00426. The van der Waals surface area contributed by atoms with Gasteiger partial charge in [-0.3, -0.25) is 0 Å². The van der Waals surface area contributed by atoms with Crippen LogP contribution >= 0.6 is 0 Å². The van der Waals surface area contributed by atoms with Crippen LogP contribution in [-0.2, 0) is 14.3 Å². The summed E-state index contributed by atoms with van der Waals surface area (Å²) in [6, 6.07) is 0.00426. The van der Waals surface area contributed by atoms with E-state index in [0.29, 0.717) is 18.1 Å². The summed E-state index contributed by atoms with van der Waals surface area (Å²) >= 11 is 0. The second-order valence-electron chi connectivity index (χ2n) is 4.26. The molecular weight excluding hydrogens is 217 g/mol. The Labute approximate surface area is 104 Å². The fourth-order valence-electron chi connectivity index (χ4n) is 1.54. The van der Waals surface area contributed by atoms with Gasteiger partial charge in [0, 0.05) is 11.6 Å². The molecule has 1 radical (unpaired) electrons. The van der Waals surface area contributed by atoms with E-state index in [1.807, 2.05) is 27.0 Å². The maximum Gasteiger partial charge on any atom is 0.333 e. The average molecular weight is 238 g/mol. The Morgan fingerprint density at radius 2 is 2.06 bits per heavy atom. The quantitative estimate of drug-likeness (QED) is 0.290. The molecule has 0 N–H and O–H groups in total. The predicted octanol–water partition coefficient (Wildman–Crippen LogP) is 1.26. The number of carbonyl (C=O) groups excluding carboxylic acids is 2. The van der Waals surface area contributed by atoms with Crippen molar-refractivity contribution in [3.8, 4) is 0 Å². The van der Waals surface area contributed by atoms with Crippen molar-refractivity contribution in [2.75, 3.05) is 13.7 Å². The summed E-state index contributed by atoms with van der Waals surface area (Å²) in [4.78, 5) is 23.7. The molecule has 0 unspecified atom stereocenters. The second-order valence-corrected chi connectivity index (χ2v) is 4.26. The van der Waals surface area contributed by atoms with Crippen LogP contribution in [0.1, 0.15) is 27.7 Å². The van der Waals surface area contributed by atoms with Gasteiger partial charge in [-0.25, -0.2) is 4.79 Å². The van der Waals surface area contributed by atoms with E-state index >= 15 is 0 Å². The summed E-state index contributed by atoms with van der Waals surface area (Å²) in [5.74, 6) is -0.0155. The zero-order valence-corrected chi connectivity index (χ0v) is 11.3. The minimum Gasteiger partial charge on any atom is -0.463 e. The van der Waals surface area contributed by atoms with E-state index in [2.05, 4.69) is 0 Å². The van der Waals surface area contributed by atoms with Gasteiger partial charge in [-0.2, -0.15) is 0 Å². The zero-order valence-electron chi connectivity index (χ0n) is 11.3. The standard InChI is InChI=1S/C12H21BNO3/c1-6-17-12(16)10(4)7-11(9(2)3)14(5)13-8-15/h7-9,11H,6H2,1-5H3/b10-7+/t11-/m1/s1. The number of hydrogen-bond donors (Lipinski definition) is 0. The van der Waals surface area contributed by atoms with Gasteiger partial charge in [0.15, 0.2) is 0 Å². The van der Waals surface area contributed by atoms with Gasteiger partial charge in [0.05, 0.1) is 12.8 Å². The highest BCUT2D eigenvalue weighted by Crippen LogP contribution is 2.12.